The monoisotopic (exact) mass is 278 g/mol. The molecule has 0 aliphatic rings. The fourth-order valence-corrected chi connectivity index (χ4v) is 3.12. The van der Waals surface area contributed by atoms with Gasteiger partial charge in [0, 0.05) is 0 Å². The summed E-state index contributed by atoms with van der Waals surface area (Å²) in [5.74, 6) is -1.81. The van der Waals surface area contributed by atoms with Crippen molar-refractivity contribution in [1.82, 2.24) is 0 Å². The molecule has 5 N–H and O–H groups in total. The first-order chi connectivity index (χ1) is 6.81. The maximum absolute atomic E-state index is 11.4. The first-order valence-corrected chi connectivity index (χ1v) is 6.92. The Bertz CT molecular complexity index is 368. The first-order valence-electron chi connectivity index (χ1n) is 3.82. The van der Waals surface area contributed by atoms with Gasteiger partial charge in [-0.1, -0.05) is 0 Å². The van der Waals surface area contributed by atoms with Crippen molar-refractivity contribution >= 4 is 21.4 Å². The third-order valence-electron chi connectivity index (χ3n) is 1.85. The third kappa shape index (κ3) is 3.64. The molecule has 0 aliphatic carbocycles. The fraction of sp³-hybridized carbons (Fsp3) is 0.800. The Balaban J connectivity index is 5.22. The molecule has 0 heterocycles. The predicted octanol–water partition coefficient (Wildman–Crippen LogP) is -0.495. The Kier molecular flexibility index (Phi) is 4.46. The van der Waals surface area contributed by atoms with Gasteiger partial charge in [-0.15, -0.1) is 0 Å². The molecule has 0 aliphatic heterocycles. The van der Waals surface area contributed by atoms with Gasteiger partial charge >= 0.3 is 21.4 Å². The second kappa shape index (κ2) is 4.54. The minimum absolute atomic E-state index is 0.836. The number of aliphatic carboxylic acids is 1. The van der Waals surface area contributed by atoms with Crippen LogP contribution in [0.25, 0.3) is 0 Å². The van der Waals surface area contributed by atoms with Crippen molar-refractivity contribution in [3.63, 3.8) is 0 Å². The zero-order chi connectivity index (χ0) is 13.4. The highest BCUT2D eigenvalue weighted by Gasteiger charge is 2.52. The van der Waals surface area contributed by atoms with Crippen LogP contribution in [0, 0.1) is 0 Å². The lowest BCUT2D eigenvalue weighted by Crippen LogP contribution is -2.42. The van der Waals surface area contributed by atoms with Gasteiger partial charge in [-0.05, 0) is 13.8 Å². The smallest absolute Gasteiger partial charge is 0.476 e. The molecule has 0 bridgehead atoms. The van der Waals surface area contributed by atoms with E-state index < -0.39 is 32.6 Å². The van der Waals surface area contributed by atoms with Gasteiger partial charge in [-0.25, -0.2) is 13.7 Å². The number of carbonyl (C=O) groups is 1. The van der Waals surface area contributed by atoms with E-state index in [2.05, 4.69) is 4.31 Å². The standard InChI is InChI=1S/C5H12O9P2/c1-5(2,3(6)4(7)8)15(9,10)14-16(11,12)13/h3,6H,1-2H3,(H,7,8)(H,9,10)(H2,11,12,13). The average molecular weight is 278 g/mol. The third-order valence-corrected chi connectivity index (χ3v) is 5.29. The summed E-state index contributed by atoms with van der Waals surface area (Å²) in [6, 6.07) is 0. The van der Waals surface area contributed by atoms with Gasteiger partial charge in [0.25, 0.3) is 0 Å². The number of rotatable bonds is 5. The molecule has 11 heteroatoms. The van der Waals surface area contributed by atoms with Gasteiger partial charge in [0.1, 0.15) is 5.16 Å². The quantitative estimate of drug-likeness (QED) is 0.417. The van der Waals surface area contributed by atoms with Crippen LogP contribution < -0.4 is 0 Å². The molecule has 2 atom stereocenters. The summed E-state index contributed by atoms with van der Waals surface area (Å²) < 4.78 is 25.4. The van der Waals surface area contributed by atoms with E-state index in [-0.39, 0.29) is 0 Å². The molecule has 2 unspecified atom stereocenters. The van der Waals surface area contributed by atoms with Crippen LogP contribution in [0.1, 0.15) is 13.8 Å². The molecule has 0 saturated heterocycles. The van der Waals surface area contributed by atoms with Gasteiger partial charge in [0.2, 0.25) is 0 Å². The van der Waals surface area contributed by atoms with E-state index in [1.807, 2.05) is 0 Å². The van der Waals surface area contributed by atoms with Crippen LogP contribution in [-0.4, -0.2) is 42.1 Å². The highest BCUT2D eigenvalue weighted by molar-refractivity contribution is 7.64. The van der Waals surface area contributed by atoms with E-state index in [0.717, 1.165) is 13.8 Å². The minimum Gasteiger partial charge on any atom is -0.479 e. The van der Waals surface area contributed by atoms with Crippen LogP contribution in [0.2, 0.25) is 0 Å². The Morgan fingerprint density at radius 2 is 1.62 bits per heavy atom. The highest BCUT2D eigenvalue weighted by atomic mass is 31.3. The van der Waals surface area contributed by atoms with Crippen LogP contribution in [0.15, 0.2) is 0 Å². The summed E-state index contributed by atoms with van der Waals surface area (Å²) in [7, 11) is -10.3. The number of hydrogen-bond acceptors (Lipinski definition) is 5. The van der Waals surface area contributed by atoms with Gasteiger partial charge in [0.05, 0.1) is 0 Å². The van der Waals surface area contributed by atoms with E-state index in [0.29, 0.717) is 0 Å². The molecule has 16 heavy (non-hydrogen) atoms. The fourth-order valence-electron chi connectivity index (χ4n) is 0.706. The number of aliphatic hydroxyl groups is 1. The van der Waals surface area contributed by atoms with Crippen LogP contribution >= 0.6 is 15.4 Å². The lowest BCUT2D eigenvalue weighted by molar-refractivity contribution is -0.148. The second-order valence-corrected chi connectivity index (χ2v) is 7.31. The summed E-state index contributed by atoms with van der Waals surface area (Å²) in [5.41, 5.74) is 0. The van der Waals surface area contributed by atoms with E-state index >= 15 is 0 Å². The molecule has 0 amide bonds. The van der Waals surface area contributed by atoms with Crippen LogP contribution in [0.4, 0.5) is 0 Å². The van der Waals surface area contributed by atoms with E-state index in [9.17, 15) is 18.8 Å². The van der Waals surface area contributed by atoms with Gasteiger partial charge in [-0.2, -0.15) is 0 Å². The van der Waals surface area contributed by atoms with Crippen molar-refractivity contribution in [2.45, 2.75) is 25.1 Å². The molecular weight excluding hydrogens is 266 g/mol. The molecule has 0 spiro atoms. The Labute approximate surface area is 90.5 Å². The average Bonchev–Trinajstić information content (AvgIpc) is 1.97. The molecule has 0 aromatic heterocycles. The van der Waals surface area contributed by atoms with Crippen LogP contribution in [0.5, 0.6) is 0 Å². The Morgan fingerprint density at radius 3 is 1.88 bits per heavy atom. The first kappa shape index (κ1) is 15.7. The molecule has 96 valence electrons. The number of carboxylic acids is 1. The lowest BCUT2D eigenvalue weighted by atomic mass is 10.1. The lowest BCUT2D eigenvalue weighted by Gasteiger charge is -2.31. The maximum atomic E-state index is 11.4. The Hall–Kier alpha value is -0.270. The highest BCUT2D eigenvalue weighted by Crippen LogP contribution is 2.65. The van der Waals surface area contributed by atoms with E-state index in [1.54, 1.807) is 0 Å². The second-order valence-electron chi connectivity index (χ2n) is 3.49. The molecular formula is C5H12O9P2. The molecule has 9 nitrogen and oxygen atoms in total. The summed E-state index contributed by atoms with van der Waals surface area (Å²) in [5, 5.41) is 15.3. The van der Waals surface area contributed by atoms with Gasteiger partial charge in [0.15, 0.2) is 6.10 Å². The largest absolute Gasteiger partial charge is 0.479 e. The summed E-state index contributed by atoms with van der Waals surface area (Å²) in [4.78, 5) is 36.4. The molecule has 0 aromatic rings. The van der Waals surface area contributed by atoms with Crippen LogP contribution in [0.3, 0.4) is 0 Å². The summed E-state index contributed by atoms with van der Waals surface area (Å²) >= 11 is 0. The Morgan fingerprint density at radius 1 is 1.25 bits per heavy atom. The molecule has 0 radical (unpaired) electrons. The zero-order valence-electron chi connectivity index (χ0n) is 8.34. The zero-order valence-corrected chi connectivity index (χ0v) is 10.1. The predicted molar refractivity (Wildman–Crippen MR) is 50.7 cm³/mol. The van der Waals surface area contributed by atoms with Crippen molar-refractivity contribution in [3.8, 4) is 0 Å². The van der Waals surface area contributed by atoms with Crippen LogP contribution in [-0.2, 0) is 18.2 Å². The summed E-state index contributed by atoms with van der Waals surface area (Å²) in [6.45, 7) is 1.67. The van der Waals surface area contributed by atoms with Crippen molar-refractivity contribution in [1.29, 1.82) is 0 Å². The van der Waals surface area contributed by atoms with Crippen molar-refractivity contribution < 1.29 is 43.1 Å². The normalized spacial score (nSPS) is 18.9. The minimum atomic E-state index is -5.27. The number of carboxylic acid groups (broad SMARTS) is 1. The SMILES string of the molecule is CC(C)(C(O)C(=O)O)P(=O)(O)OP(=O)(O)O. The van der Waals surface area contributed by atoms with Gasteiger partial charge < -0.3 is 24.9 Å². The number of phosphoric acid groups is 1. The van der Waals surface area contributed by atoms with E-state index in [1.165, 1.54) is 0 Å². The van der Waals surface area contributed by atoms with Crippen molar-refractivity contribution in [2.75, 3.05) is 0 Å². The van der Waals surface area contributed by atoms with Crippen molar-refractivity contribution in [3.05, 3.63) is 0 Å². The molecule has 0 aromatic carbocycles. The maximum Gasteiger partial charge on any atom is 0.476 e. The number of hydrogen-bond donors (Lipinski definition) is 5. The molecule has 0 saturated carbocycles. The number of aliphatic hydroxyl groups excluding tert-OH is 1. The molecule has 0 rings (SSSR count). The topological polar surface area (TPSA) is 162 Å². The van der Waals surface area contributed by atoms with Crippen molar-refractivity contribution in [2.24, 2.45) is 0 Å². The summed E-state index contributed by atoms with van der Waals surface area (Å²) in [6.07, 6.45) is -2.31. The molecule has 0 fully saturated rings. The van der Waals surface area contributed by atoms with E-state index in [4.69, 9.17) is 20.0 Å². The van der Waals surface area contributed by atoms with Gasteiger partial charge in [-0.3, -0.25) is 4.57 Å².